The first kappa shape index (κ1) is 28.5. The number of aromatic nitrogens is 2. The van der Waals surface area contributed by atoms with Crippen molar-refractivity contribution in [1.29, 1.82) is 0 Å². The Labute approximate surface area is 215 Å². The lowest BCUT2D eigenvalue weighted by Gasteiger charge is -2.09. The third kappa shape index (κ3) is 8.16. The maximum absolute atomic E-state index is 14.4. The molecular weight excluding hydrogens is 486 g/mol. The van der Waals surface area contributed by atoms with Crippen molar-refractivity contribution in [2.75, 3.05) is 18.0 Å². The molecule has 0 fully saturated rings. The summed E-state index contributed by atoms with van der Waals surface area (Å²) in [6, 6.07) is 11.8. The van der Waals surface area contributed by atoms with Crippen molar-refractivity contribution in [3.05, 3.63) is 83.2 Å². The molecule has 0 bridgehead atoms. The van der Waals surface area contributed by atoms with Crippen LogP contribution in [0.15, 0.2) is 59.8 Å². The molecule has 2 aromatic carbocycles. The minimum absolute atomic E-state index is 0.123. The normalized spacial score (nSPS) is 10.3. The average molecular weight is 519 g/mol. The highest BCUT2D eigenvalue weighted by atomic mass is 32.2. The van der Waals surface area contributed by atoms with E-state index in [0.717, 1.165) is 46.9 Å². The van der Waals surface area contributed by atoms with Crippen LogP contribution in [0.3, 0.4) is 0 Å². The first-order valence-corrected chi connectivity index (χ1v) is 12.8. The number of benzene rings is 2. The Morgan fingerprint density at radius 3 is 2.31 bits per heavy atom. The molecule has 5 nitrogen and oxygen atoms in total. The zero-order valence-corrected chi connectivity index (χ0v) is 21.8. The van der Waals surface area contributed by atoms with Crippen molar-refractivity contribution in [2.45, 2.75) is 38.5 Å². The van der Waals surface area contributed by atoms with Crippen molar-refractivity contribution >= 4 is 36.0 Å². The first-order chi connectivity index (χ1) is 16.8. The fraction of sp³-hybridized carbons (Fsp3) is 0.269. The number of aromatic amines is 2. The van der Waals surface area contributed by atoms with Gasteiger partial charge in [-0.25, -0.2) is 8.78 Å². The molecule has 0 aliphatic carbocycles. The highest BCUT2D eigenvalue weighted by molar-refractivity contribution is 7.97. The van der Waals surface area contributed by atoms with E-state index in [-0.39, 0.29) is 11.3 Å². The van der Waals surface area contributed by atoms with Crippen molar-refractivity contribution in [2.24, 2.45) is 0 Å². The molecule has 3 aromatic rings. The molecule has 0 aliphatic heterocycles. The van der Waals surface area contributed by atoms with E-state index >= 15 is 0 Å². The summed E-state index contributed by atoms with van der Waals surface area (Å²) < 4.78 is 31.9. The monoisotopic (exact) mass is 518 g/mol. The van der Waals surface area contributed by atoms with Crippen LogP contribution in [0.4, 0.5) is 14.5 Å². The predicted octanol–water partition coefficient (Wildman–Crippen LogP) is 6.87. The zero-order valence-electron chi connectivity index (χ0n) is 20.1. The fourth-order valence-corrected chi connectivity index (χ4v) is 3.72. The third-order valence-electron chi connectivity index (χ3n) is 4.87. The van der Waals surface area contributed by atoms with E-state index < -0.39 is 23.0 Å². The van der Waals surface area contributed by atoms with E-state index in [1.54, 1.807) is 31.1 Å². The van der Waals surface area contributed by atoms with E-state index in [4.69, 9.17) is 5.73 Å². The summed E-state index contributed by atoms with van der Waals surface area (Å²) in [4.78, 5) is 14.0. The second-order valence-electron chi connectivity index (χ2n) is 7.67. The number of hydrogen-bond donors (Lipinski definition) is 5. The number of carbonyl (C=O) groups is 1. The largest absolute Gasteiger partial charge is 0.396 e. The summed E-state index contributed by atoms with van der Waals surface area (Å²) in [5, 5.41) is 5.65. The molecule has 0 saturated heterocycles. The van der Waals surface area contributed by atoms with Crippen molar-refractivity contribution < 1.29 is 13.6 Å². The molecule has 188 valence electrons. The number of nitrogens with one attached hydrogen (secondary N) is 3. The molecule has 1 heterocycles. The molecule has 3 rings (SSSR count). The van der Waals surface area contributed by atoms with Crippen molar-refractivity contribution in [3.8, 4) is 11.1 Å². The summed E-state index contributed by atoms with van der Waals surface area (Å²) >= 11 is 5.49. The topological polar surface area (TPSA) is 86.7 Å². The number of ketones is 1. The van der Waals surface area contributed by atoms with Gasteiger partial charge >= 0.3 is 0 Å². The maximum atomic E-state index is 14.4. The van der Waals surface area contributed by atoms with Gasteiger partial charge in [-0.15, -0.1) is 0 Å². The van der Waals surface area contributed by atoms with Gasteiger partial charge in [-0.1, -0.05) is 26.0 Å². The Balaban J connectivity index is 0.00000100. The molecule has 0 saturated carbocycles. The Morgan fingerprint density at radius 1 is 1.03 bits per heavy atom. The van der Waals surface area contributed by atoms with Crippen LogP contribution >= 0.6 is 24.6 Å². The minimum atomic E-state index is -1.06. The van der Waals surface area contributed by atoms with Gasteiger partial charge in [0.2, 0.25) is 5.78 Å². The number of H-pyrrole nitrogens is 2. The number of thiol groups is 1. The molecular formula is C26H32F2N4OS2. The number of halogens is 2. The average Bonchev–Trinajstić information content (AvgIpc) is 2.85. The van der Waals surface area contributed by atoms with Crippen LogP contribution in [0, 0.1) is 18.6 Å². The van der Waals surface area contributed by atoms with Crippen molar-refractivity contribution in [1.82, 2.24) is 14.9 Å². The molecule has 9 heteroatoms. The quantitative estimate of drug-likeness (QED) is 0.0741. The summed E-state index contributed by atoms with van der Waals surface area (Å²) in [7, 11) is 0. The lowest BCUT2D eigenvalue weighted by molar-refractivity contribution is 0.103. The van der Waals surface area contributed by atoms with E-state index in [2.05, 4.69) is 41.4 Å². The Bertz CT molecular complexity index is 1160. The molecule has 1 aromatic heterocycles. The first-order valence-electron chi connectivity index (χ1n) is 11.3. The molecule has 0 unspecified atom stereocenters. The predicted molar refractivity (Wildman–Crippen MR) is 145 cm³/mol. The van der Waals surface area contributed by atoms with Gasteiger partial charge in [0.25, 0.3) is 0 Å². The molecule has 0 radical (unpaired) electrons. The van der Waals surface area contributed by atoms with Gasteiger partial charge in [-0.2, -0.15) is 12.6 Å². The second-order valence-corrected chi connectivity index (χ2v) is 9.08. The van der Waals surface area contributed by atoms with Crippen molar-refractivity contribution in [3.63, 3.8) is 0 Å². The van der Waals surface area contributed by atoms with Crippen LogP contribution in [0.25, 0.3) is 11.1 Å². The van der Waals surface area contributed by atoms with Gasteiger partial charge in [-0.05, 0) is 84.5 Å². The van der Waals surface area contributed by atoms with Gasteiger partial charge in [0.05, 0.1) is 11.3 Å². The lowest BCUT2D eigenvalue weighted by Crippen LogP contribution is -2.11. The Kier molecular flexibility index (Phi) is 11.9. The lowest BCUT2D eigenvalue weighted by atomic mass is 9.98. The number of anilines is 1. The van der Waals surface area contributed by atoms with Gasteiger partial charge in [0, 0.05) is 29.4 Å². The van der Waals surface area contributed by atoms with Crippen LogP contribution in [0.2, 0.25) is 0 Å². The summed E-state index contributed by atoms with van der Waals surface area (Å²) in [6.07, 6.45) is 5.37. The fourth-order valence-electron chi connectivity index (χ4n) is 2.97. The summed E-state index contributed by atoms with van der Waals surface area (Å²) in [5.41, 5.74) is 6.96. The van der Waals surface area contributed by atoms with E-state index in [0.29, 0.717) is 5.56 Å². The number of hydrogen-bond acceptors (Lipinski definition) is 5. The minimum Gasteiger partial charge on any atom is -0.396 e. The van der Waals surface area contributed by atoms with Crippen LogP contribution in [-0.2, 0) is 0 Å². The molecule has 0 spiro atoms. The zero-order chi connectivity index (χ0) is 25.8. The smallest absolute Gasteiger partial charge is 0.200 e. The van der Waals surface area contributed by atoms with E-state index in [9.17, 15) is 13.6 Å². The van der Waals surface area contributed by atoms with Gasteiger partial charge in [-0.3, -0.25) is 9.52 Å². The highest BCUT2D eigenvalue weighted by Crippen LogP contribution is 2.25. The number of aryl methyl sites for hydroxylation is 1. The van der Waals surface area contributed by atoms with E-state index in [1.165, 1.54) is 12.6 Å². The standard InChI is InChI=1S/C23H24F2N4OS.C3H8S/c1-3-10-29-31-17-6-4-15(5-7-17)16-11-14(2)18(13-28-27-12-16)23(30)21-19(24)8-9-20(26)22(21)25;1-2-3-4/h4-9,11-13,27-29H,3,10,26H2,1-2H3;4H,2-3H2,1H3. The Hall–Kier alpha value is -2.75. The Morgan fingerprint density at radius 2 is 1.69 bits per heavy atom. The highest BCUT2D eigenvalue weighted by Gasteiger charge is 2.22. The van der Waals surface area contributed by atoms with Gasteiger partial charge in [0.1, 0.15) is 5.82 Å². The molecule has 35 heavy (non-hydrogen) atoms. The summed E-state index contributed by atoms with van der Waals surface area (Å²) in [6.45, 7) is 6.85. The summed E-state index contributed by atoms with van der Waals surface area (Å²) in [5.74, 6) is -1.80. The molecule has 0 aliphatic rings. The molecule has 0 atom stereocenters. The molecule has 5 N–H and O–H groups in total. The van der Waals surface area contributed by atoms with E-state index in [1.807, 2.05) is 24.3 Å². The van der Waals surface area contributed by atoms with Crippen LogP contribution in [-0.4, -0.2) is 28.3 Å². The van der Waals surface area contributed by atoms with Gasteiger partial charge < -0.3 is 15.9 Å². The molecule has 0 amide bonds. The van der Waals surface area contributed by atoms with Crippen LogP contribution < -0.4 is 10.5 Å². The number of rotatable bonds is 8. The third-order valence-corrected chi connectivity index (χ3v) is 6.17. The second kappa shape index (κ2) is 14.6. The SMILES string of the molecule is CCCNSc1ccc(-c2c[nH][nH]cc(C(=O)c3c(F)ccc(N)c3F)c(C)c2)cc1.CCCS. The van der Waals surface area contributed by atoms with Crippen LogP contribution in [0.1, 0.15) is 48.2 Å². The number of nitrogen functional groups attached to an aromatic ring is 1. The number of nitrogens with two attached hydrogens (primary N) is 1. The number of carbonyl (C=O) groups excluding carboxylic acids is 1. The van der Waals surface area contributed by atoms with Gasteiger partial charge in [0.15, 0.2) is 5.82 Å². The maximum Gasteiger partial charge on any atom is 0.200 e. The van der Waals surface area contributed by atoms with Crippen LogP contribution in [0.5, 0.6) is 0 Å².